The smallest absolute Gasteiger partial charge is 0.352 e. The fraction of sp³-hybridized carbons (Fsp3) is 0.182. The molecule has 2 amide bonds. The maximum atomic E-state index is 15.0. The summed E-state index contributed by atoms with van der Waals surface area (Å²) in [6.07, 6.45) is 0.433. The molecule has 14 heteroatoms. The third kappa shape index (κ3) is 9.66. The molecule has 0 fully saturated rings. The summed E-state index contributed by atoms with van der Waals surface area (Å²) in [5, 5.41) is 11.9. The van der Waals surface area contributed by atoms with Crippen LogP contribution < -0.4 is 28.2 Å². The Hall–Kier alpha value is -7.48. The SMILES string of the molecule is NC(N)=NCCC[C@@H](C(=O)NCC(=O)O)N(Cc1ccc(Cn2c(=O)n(-c3ccccc3)n(-c3ccccc3)c2=O)cc1)C(=O)C(c1ccccc1)c1ccccc1. The van der Waals surface area contributed by atoms with Crippen LogP contribution in [0, 0.1) is 0 Å². The van der Waals surface area contributed by atoms with Crippen LogP contribution in [0.25, 0.3) is 11.4 Å². The minimum atomic E-state index is -1.23. The number of carbonyl (C=O) groups excluding carboxylic acids is 2. The van der Waals surface area contributed by atoms with Crippen molar-refractivity contribution in [3.63, 3.8) is 0 Å². The maximum absolute atomic E-state index is 15.0. The van der Waals surface area contributed by atoms with E-state index in [4.69, 9.17) is 11.5 Å². The molecule has 0 aliphatic rings. The lowest BCUT2D eigenvalue weighted by Crippen LogP contribution is -2.51. The number of carboxylic acids is 1. The number of benzene rings is 5. The first-order valence-electron chi connectivity index (χ1n) is 18.7. The molecular formula is C44H44N8O6. The molecule has 0 radical (unpaired) electrons. The van der Waals surface area contributed by atoms with Crippen LogP contribution in [0.2, 0.25) is 0 Å². The fourth-order valence-corrected chi connectivity index (χ4v) is 6.81. The highest BCUT2D eigenvalue weighted by atomic mass is 16.4. The summed E-state index contributed by atoms with van der Waals surface area (Å²) in [6, 6.07) is 42.2. The average molecular weight is 781 g/mol. The summed E-state index contributed by atoms with van der Waals surface area (Å²) in [5.74, 6) is -3.18. The van der Waals surface area contributed by atoms with E-state index in [1.54, 1.807) is 72.8 Å². The van der Waals surface area contributed by atoms with Gasteiger partial charge in [0.05, 0.1) is 23.8 Å². The zero-order chi connectivity index (χ0) is 41.0. The van der Waals surface area contributed by atoms with Crippen molar-refractivity contribution in [1.29, 1.82) is 0 Å². The van der Waals surface area contributed by atoms with Gasteiger partial charge in [-0.2, -0.15) is 9.36 Å². The van der Waals surface area contributed by atoms with Crippen molar-refractivity contribution < 1.29 is 19.5 Å². The van der Waals surface area contributed by atoms with Crippen molar-refractivity contribution in [3.8, 4) is 11.4 Å². The van der Waals surface area contributed by atoms with Gasteiger partial charge in [0.15, 0.2) is 5.96 Å². The largest absolute Gasteiger partial charge is 0.480 e. The van der Waals surface area contributed by atoms with Crippen LogP contribution in [0.5, 0.6) is 0 Å². The van der Waals surface area contributed by atoms with E-state index in [1.165, 1.54) is 14.3 Å². The standard InChI is InChI=1S/C44H44N8O6/c45-42(46)47-27-13-22-37(40(55)48-28-38(53)54)49(41(56)39(33-14-5-1-6-15-33)34-16-7-2-8-17-34)29-31-23-25-32(26-24-31)30-50-43(57)51(35-18-9-3-10-19-35)52(44(50)58)36-20-11-4-12-21-36/h1-12,14-21,23-26,37,39H,13,22,27-30H2,(H,48,55)(H,53,54)(H4,45,46,47)/t37-/m0/s1. The zero-order valence-corrected chi connectivity index (χ0v) is 31.6. The molecule has 0 spiro atoms. The van der Waals surface area contributed by atoms with Crippen molar-refractivity contribution in [3.05, 3.63) is 189 Å². The Kier molecular flexibility index (Phi) is 13.1. The summed E-state index contributed by atoms with van der Waals surface area (Å²) in [4.78, 5) is 73.7. The molecule has 1 aromatic heterocycles. The summed E-state index contributed by atoms with van der Waals surface area (Å²) >= 11 is 0. The van der Waals surface area contributed by atoms with Crippen molar-refractivity contribution in [2.75, 3.05) is 13.1 Å². The Labute approximate surface area is 334 Å². The van der Waals surface area contributed by atoms with Gasteiger partial charge in [-0.05, 0) is 59.4 Å². The predicted molar refractivity (Wildman–Crippen MR) is 221 cm³/mol. The lowest BCUT2D eigenvalue weighted by atomic mass is 9.89. The number of para-hydroxylation sites is 2. The normalized spacial score (nSPS) is 11.5. The fourth-order valence-electron chi connectivity index (χ4n) is 6.81. The molecule has 6 rings (SSSR count). The van der Waals surface area contributed by atoms with Crippen LogP contribution in [-0.4, -0.2) is 66.8 Å². The average Bonchev–Trinajstić information content (AvgIpc) is 3.49. The maximum Gasteiger partial charge on any atom is 0.352 e. The third-order valence-electron chi connectivity index (χ3n) is 9.56. The van der Waals surface area contributed by atoms with Crippen LogP contribution in [-0.2, 0) is 27.5 Å². The van der Waals surface area contributed by atoms with E-state index in [-0.39, 0.29) is 37.9 Å². The second-order valence-electron chi connectivity index (χ2n) is 13.6. The highest BCUT2D eigenvalue weighted by Crippen LogP contribution is 2.29. The Morgan fingerprint density at radius 3 is 1.60 bits per heavy atom. The van der Waals surface area contributed by atoms with E-state index in [0.717, 1.165) is 4.57 Å². The van der Waals surface area contributed by atoms with Gasteiger partial charge in [0.1, 0.15) is 12.6 Å². The van der Waals surface area contributed by atoms with Crippen LogP contribution in [0.4, 0.5) is 0 Å². The molecule has 0 saturated heterocycles. The van der Waals surface area contributed by atoms with Gasteiger partial charge in [0.2, 0.25) is 11.8 Å². The minimum absolute atomic E-state index is 0.0338. The van der Waals surface area contributed by atoms with Crippen molar-refractivity contribution in [2.24, 2.45) is 16.5 Å². The summed E-state index contributed by atoms with van der Waals surface area (Å²) in [7, 11) is 0. The zero-order valence-electron chi connectivity index (χ0n) is 31.6. The summed E-state index contributed by atoms with van der Waals surface area (Å²) < 4.78 is 3.84. The number of nitrogens with one attached hydrogen (secondary N) is 1. The first-order chi connectivity index (χ1) is 28.1. The summed E-state index contributed by atoms with van der Waals surface area (Å²) in [5.41, 5.74) is 13.8. The molecule has 296 valence electrons. The highest BCUT2D eigenvalue weighted by Gasteiger charge is 2.35. The molecule has 1 heterocycles. The van der Waals surface area contributed by atoms with Gasteiger partial charge >= 0.3 is 17.3 Å². The first kappa shape index (κ1) is 40.2. The molecular weight excluding hydrogens is 737 g/mol. The van der Waals surface area contributed by atoms with Gasteiger partial charge in [0, 0.05) is 13.1 Å². The van der Waals surface area contributed by atoms with Gasteiger partial charge in [-0.25, -0.2) is 14.2 Å². The number of hydrogen-bond donors (Lipinski definition) is 4. The molecule has 6 N–H and O–H groups in total. The number of aliphatic imine (C=N–C) groups is 1. The molecule has 0 bridgehead atoms. The highest BCUT2D eigenvalue weighted by molar-refractivity contribution is 5.93. The van der Waals surface area contributed by atoms with Crippen LogP contribution in [0.15, 0.2) is 160 Å². The number of nitrogens with two attached hydrogens (primary N) is 2. The van der Waals surface area contributed by atoms with E-state index >= 15 is 4.79 Å². The number of nitrogens with zero attached hydrogens (tertiary/aromatic N) is 5. The molecule has 5 aromatic carbocycles. The lowest BCUT2D eigenvalue weighted by molar-refractivity contribution is -0.143. The summed E-state index contributed by atoms with van der Waals surface area (Å²) in [6.45, 7) is -0.533. The number of carboxylic acid groups (broad SMARTS) is 1. The van der Waals surface area contributed by atoms with E-state index < -0.39 is 41.8 Å². The van der Waals surface area contributed by atoms with Crippen molar-refractivity contribution in [1.82, 2.24) is 24.1 Å². The quantitative estimate of drug-likeness (QED) is 0.0611. The second kappa shape index (κ2) is 18.9. The van der Waals surface area contributed by atoms with Gasteiger partial charge in [-0.1, -0.05) is 121 Å². The molecule has 0 saturated carbocycles. The number of aromatic nitrogens is 3. The van der Waals surface area contributed by atoms with Crippen LogP contribution in [0.1, 0.15) is 41.0 Å². The Morgan fingerprint density at radius 2 is 1.14 bits per heavy atom. The van der Waals surface area contributed by atoms with E-state index in [2.05, 4.69) is 10.3 Å². The van der Waals surface area contributed by atoms with Gasteiger partial charge in [-0.3, -0.25) is 19.4 Å². The minimum Gasteiger partial charge on any atom is -0.480 e. The second-order valence-corrected chi connectivity index (χ2v) is 13.6. The molecule has 0 unspecified atom stereocenters. The number of carbonyl (C=O) groups is 3. The number of rotatable bonds is 17. The molecule has 6 aromatic rings. The van der Waals surface area contributed by atoms with E-state index in [0.29, 0.717) is 40.0 Å². The predicted octanol–water partition coefficient (Wildman–Crippen LogP) is 3.62. The Morgan fingerprint density at radius 1 is 0.672 bits per heavy atom. The van der Waals surface area contributed by atoms with Gasteiger partial charge in [0.25, 0.3) is 0 Å². The number of hydrogen-bond acceptors (Lipinski definition) is 6. The van der Waals surface area contributed by atoms with Crippen molar-refractivity contribution >= 4 is 23.7 Å². The third-order valence-corrected chi connectivity index (χ3v) is 9.56. The number of guanidine groups is 1. The monoisotopic (exact) mass is 780 g/mol. The molecule has 0 aliphatic carbocycles. The Balaban J connectivity index is 1.37. The van der Waals surface area contributed by atoms with Gasteiger partial charge < -0.3 is 26.8 Å². The van der Waals surface area contributed by atoms with E-state index in [9.17, 15) is 24.3 Å². The molecule has 1 atom stereocenters. The number of aliphatic carboxylic acids is 1. The first-order valence-corrected chi connectivity index (χ1v) is 18.7. The van der Waals surface area contributed by atoms with Crippen molar-refractivity contribution in [2.45, 2.75) is 37.9 Å². The molecule has 58 heavy (non-hydrogen) atoms. The lowest BCUT2D eigenvalue weighted by Gasteiger charge is -2.34. The van der Waals surface area contributed by atoms with Crippen LogP contribution in [0.3, 0.4) is 0 Å². The molecule has 0 aliphatic heterocycles. The van der Waals surface area contributed by atoms with Gasteiger partial charge in [-0.15, -0.1) is 0 Å². The topological polar surface area (TPSA) is 200 Å². The Bertz CT molecular complexity index is 2350. The molecule has 14 nitrogen and oxygen atoms in total. The van der Waals surface area contributed by atoms with E-state index in [1.807, 2.05) is 72.8 Å². The van der Waals surface area contributed by atoms with Crippen LogP contribution >= 0.6 is 0 Å². The number of amides is 2.